The number of aromatic amines is 1. The third-order valence-electron chi connectivity index (χ3n) is 1.98. The van der Waals surface area contributed by atoms with E-state index >= 15 is 0 Å². The van der Waals surface area contributed by atoms with Gasteiger partial charge in [0.2, 0.25) is 0 Å². The van der Waals surface area contributed by atoms with Gasteiger partial charge >= 0.3 is 6.36 Å². The van der Waals surface area contributed by atoms with E-state index in [9.17, 15) is 18.0 Å². The van der Waals surface area contributed by atoms with E-state index in [0.29, 0.717) is 0 Å². The number of H-pyrrole nitrogens is 1. The highest BCUT2D eigenvalue weighted by Gasteiger charge is 2.32. The molecule has 0 aliphatic heterocycles. The molecular weight excluding hydrogens is 237 g/mol. The van der Waals surface area contributed by atoms with Crippen molar-refractivity contribution in [3.05, 3.63) is 46.9 Å². The molecule has 0 aliphatic carbocycles. The van der Waals surface area contributed by atoms with Crippen LogP contribution >= 0.6 is 0 Å². The summed E-state index contributed by atoms with van der Waals surface area (Å²) in [7, 11) is 0. The zero-order chi connectivity index (χ0) is 12.5. The molecule has 90 valence electrons. The molecule has 0 unspecified atom stereocenters. The van der Waals surface area contributed by atoms with Crippen molar-refractivity contribution in [3.8, 4) is 11.4 Å². The molecule has 2 aromatic rings. The third-order valence-corrected chi connectivity index (χ3v) is 1.98. The van der Waals surface area contributed by atoms with Gasteiger partial charge in [0.05, 0.1) is 0 Å². The van der Waals surface area contributed by atoms with Gasteiger partial charge in [-0.3, -0.25) is 9.89 Å². The van der Waals surface area contributed by atoms with Gasteiger partial charge in [0, 0.05) is 12.3 Å². The number of para-hydroxylation sites is 2. The number of aromatic nitrogens is 2. The number of halogens is 3. The maximum absolute atomic E-state index is 12.1. The SMILES string of the molecule is O=c1cc[nH]n1-c1ccccc1OC(F)(F)F. The zero-order valence-electron chi connectivity index (χ0n) is 8.36. The summed E-state index contributed by atoms with van der Waals surface area (Å²) in [5.74, 6) is -0.440. The topological polar surface area (TPSA) is 47.0 Å². The molecule has 0 spiro atoms. The summed E-state index contributed by atoms with van der Waals surface area (Å²) < 4.78 is 41.2. The maximum Gasteiger partial charge on any atom is 0.573 e. The lowest BCUT2D eigenvalue weighted by molar-refractivity contribution is -0.274. The lowest BCUT2D eigenvalue weighted by Crippen LogP contribution is -2.20. The van der Waals surface area contributed by atoms with E-state index in [1.54, 1.807) is 0 Å². The molecule has 0 radical (unpaired) electrons. The van der Waals surface area contributed by atoms with Gasteiger partial charge in [-0.2, -0.15) is 0 Å². The molecule has 7 heteroatoms. The van der Waals surface area contributed by atoms with Gasteiger partial charge in [-0.15, -0.1) is 13.2 Å². The summed E-state index contributed by atoms with van der Waals surface area (Å²) in [4.78, 5) is 11.3. The van der Waals surface area contributed by atoms with Crippen LogP contribution in [0, 0.1) is 0 Å². The lowest BCUT2D eigenvalue weighted by Gasteiger charge is -2.12. The highest BCUT2D eigenvalue weighted by atomic mass is 19.4. The van der Waals surface area contributed by atoms with Gasteiger partial charge in [-0.25, -0.2) is 4.68 Å². The second-order valence-corrected chi connectivity index (χ2v) is 3.15. The summed E-state index contributed by atoms with van der Waals surface area (Å²) in [6.07, 6.45) is -3.47. The van der Waals surface area contributed by atoms with Crippen LogP contribution in [0.2, 0.25) is 0 Å². The fraction of sp³-hybridized carbons (Fsp3) is 0.100. The molecular formula is C10H7F3N2O2. The van der Waals surface area contributed by atoms with Crippen LogP contribution in [-0.4, -0.2) is 16.1 Å². The average Bonchev–Trinajstić information content (AvgIpc) is 2.63. The Kier molecular flexibility index (Phi) is 2.66. The van der Waals surface area contributed by atoms with Crippen molar-refractivity contribution in [1.29, 1.82) is 0 Å². The van der Waals surface area contributed by atoms with Crippen LogP contribution in [0.25, 0.3) is 5.69 Å². The van der Waals surface area contributed by atoms with Gasteiger partial charge in [0.15, 0.2) is 5.75 Å². The van der Waals surface area contributed by atoms with Gasteiger partial charge < -0.3 is 4.74 Å². The van der Waals surface area contributed by atoms with Gasteiger partial charge in [0.1, 0.15) is 5.69 Å². The number of rotatable bonds is 2. The highest BCUT2D eigenvalue weighted by molar-refractivity contribution is 5.45. The molecule has 0 amide bonds. The van der Waals surface area contributed by atoms with Crippen LogP contribution in [-0.2, 0) is 0 Å². The fourth-order valence-corrected chi connectivity index (χ4v) is 1.36. The first kappa shape index (κ1) is 11.3. The Hall–Kier alpha value is -2.18. The van der Waals surface area contributed by atoms with Crippen molar-refractivity contribution >= 4 is 0 Å². The van der Waals surface area contributed by atoms with Crippen LogP contribution in [0.1, 0.15) is 0 Å². The largest absolute Gasteiger partial charge is 0.573 e. The van der Waals surface area contributed by atoms with E-state index in [1.807, 2.05) is 0 Å². The summed E-state index contributed by atoms with van der Waals surface area (Å²) in [6, 6.07) is 6.57. The molecule has 0 saturated carbocycles. The minimum atomic E-state index is -4.80. The monoisotopic (exact) mass is 244 g/mol. The molecule has 0 atom stereocenters. The molecule has 1 heterocycles. The number of nitrogens with one attached hydrogen (secondary N) is 1. The predicted octanol–water partition coefficient (Wildman–Crippen LogP) is 2.06. The second-order valence-electron chi connectivity index (χ2n) is 3.15. The summed E-state index contributed by atoms with van der Waals surface area (Å²) in [6.45, 7) is 0. The van der Waals surface area contributed by atoms with Crippen LogP contribution < -0.4 is 10.3 Å². The molecule has 1 aromatic carbocycles. The summed E-state index contributed by atoms with van der Waals surface area (Å²) in [5, 5.41) is 2.50. The fourth-order valence-electron chi connectivity index (χ4n) is 1.36. The van der Waals surface area contributed by atoms with Gasteiger partial charge in [-0.05, 0) is 12.1 Å². The first-order valence-corrected chi connectivity index (χ1v) is 4.59. The average molecular weight is 244 g/mol. The molecule has 4 nitrogen and oxygen atoms in total. The van der Waals surface area contributed by atoms with Crippen molar-refractivity contribution in [2.24, 2.45) is 0 Å². The number of nitrogens with zero attached hydrogens (tertiary/aromatic N) is 1. The predicted molar refractivity (Wildman–Crippen MR) is 53.1 cm³/mol. The molecule has 17 heavy (non-hydrogen) atoms. The Balaban J connectivity index is 2.49. The molecule has 1 aromatic heterocycles. The van der Waals surface area contributed by atoms with Crippen molar-refractivity contribution in [2.45, 2.75) is 6.36 Å². The van der Waals surface area contributed by atoms with E-state index in [2.05, 4.69) is 9.84 Å². The highest BCUT2D eigenvalue weighted by Crippen LogP contribution is 2.27. The Bertz CT molecular complexity index is 571. The normalized spacial score (nSPS) is 11.5. The third kappa shape index (κ3) is 2.49. The van der Waals surface area contributed by atoms with E-state index in [1.165, 1.54) is 30.5 Å². The quantitative estimate of drug-likeness (QED) is 0.878. The first-order valence-electron chi connectivity index (χ1n) is 4.59. The number of ether oxygens (including phenoxy) is 1. The summed E-state index contributed by atoms with van der Waals surface area (Å²) in [5.41, 5.74) is -0.469. The van der Waals surface area contributed by atoms with Crippen LogP contribution in [0.4, 0.5) is 13.2 Å². The van der Waals surface area contributed by atoms with E-state index < -0.39 is 17.7 Å². The second kappa shape index (κ2) is 4.00. The Labute approximate surface area is 93.2 Å². The lowest BCUT2D eigenvalue weighted by atomic mass is 10.3. The van der Waals surface area contributed by atoms with Gasteiger partial charge in [-0.1, -0.05) is 12.1 Å². The smallest absolute Gasteiger partial charge is 0.403 e. The minimum Gasteiger partial charge on any atom is -0.403 e. The van der Waals surface area contributed by atoms with Crippen molar-refractivity contribution in [1.82, 2.24) is 9.78 Å². The van der Waals surface area contributed by atoms with Crippen LogP contribution in [0.15, 0.2) is 41.3 Å². The van der Waals surface area contributed by atoms with E-state index in [0.717, 1.165) is 10.7 Å². The standard InChI is InChI=1S/C10H7F3N2O2/c11-10(12,13)17-8-4-2-1-3-7(8)15-9(16)5-6-14-15/h1-6,14H. The number of hydrogen-bond acceptors (Lipinski definition) is 2. The zero-order valence-corrected chi connectivity index (χ0v) is 8.36. The van der Waals surface area contributed by atoms with Crippen molar-refractivity contribution in [3.63, 3.8) is 0 Å². The number of alkyl halides is 3. The number of benzene rings is 1. The van der Waals surface area contributed by atoms with E-state index in [-0.39, 0.29) is 5.69 Å². The molecule has 0 saturated heterocycles. The molecule has 2 rings (SSSR count). The molecule has 0 fully saturated rings. The summed E-state index contributed by atoms with van der Waals surface area (Å²) >= 11 is 0. The molecule has 0 bridgehead atoms. The van der Waals surface area contributed by atoms with Crippen LogP contribution in [0.5, 0.6) is 5.75 Å². The number of hydrogen-bond donors (Lipinski definition) is 1. The Morgan fingerprint density at radius 2 is 1.88 bits per heavy atom. The van der Waals surface area contributed by atoms with Gasteiger partial charge in [0.25, 0.3) is 5.56 Å². The van der Waals surface area contributed by atoms with Crippen molar-refractivity contribution in [2.75, 3.05) is 0 Å². The minimum absolute atomic E-state index is 0.000162. The van der Waals surface area contributed by atoms with Crippen molar-refractivity contribution < 1.29 is 17.9 Å². The Morgan fingerprint density at radius 1 is 1.18 bits per heavy atom. The molecule has 1 N–H and O–H groups in total. The molecule has 0 aliphatic rings. The Morgan fingerprint density at radius 3 is 2.47 bits per heavy atom. The first-order chi connectivity index (χ1) is 7.97. The van der Waals surface area contributed by atoms with Crippen LogP contribution in [0.3, 0.4) is 0 Å². The maximum atomic E-state index is 12.1. The van der Waals surface area contributed by atoms with E-state index in [4.69, 9.17) is 0 Å².